The van der Waals surface area contributed by atoms with Crippen LogP contribution in [0, 0.1) is 11.7 Å². The lowest BCUT2D eigenvalue weighted by molar-refractivity contribution is -0.187. The Balaban J connectivity index is 1.49. The number of carbonyl (C=O) groups excluding carboxylic acids is 2. The molecule has 0 aromatic heterocycles. The Morgan fingerprint density at radius 1 is 0.852 bits per heavy atom. The minimum Gasteiger partial charge on any atom is -0.368 e. The highest BCUT2D eigenvalue weighted by Crippen LogP contribution is 2.26. The number of hydrogen-bond donors (Lipinski definition) is 0. The minimum atomic E-state index is -4.87. The zero-order chi connectivity index (χ0) is 19.6. The zero-order valence-corrected chi connectivity index (χ0v) is 14.7. The van der Waals surface area contributed by atoms with Crippen molar-refractivity contribution in [3.8, 4) is 0 Å². The fraction of sp³-hybridized carbons (Fsp3) is 0.556. The molecule has 0 unspecified atom stereocenters. The van der Waals surface area contributed by atoms with Crippen LogP contribution in [0.25, 0.3) is 0 Å². The van der Waals surface area contributed by atoms with Crippen LogP contribution in [0.1, 0.15) is 12.8 Å². The fourth-order valence-electron chi connectivity index (χ4n) is 3.60. The molecule has 0 radical (unpaired) electrons. The molecule has 0 N–H and O–H groups in total. The van der Waals surface area contributed by atoms with Crippen LogP contribution in [0.3, 0.4) is 0 Å². The summed E-state index contributed by atoms with van der Waals surface area (Å²) in [5.74, 6) is -2.54. The smallest absolute Gasteiger partial charge is 0.368 e. The van der Waals surface area contributed by atoms with Crippen LogP contribution in [0.2, 0.25) is 0 Å². The number of piperidine rings is 1. The Labute approximate surface area is 154 Å². The molecular formula is C18H21F4N3O2. The number of amides is 2. The molecular weight excluding hydrogens is 366 g/mol. The van der Waals surface area contributed by atoms with E-state index in [-0.39, 0.29) is 43.6 Å². The number of nitrogens with zero attached hydrogens (tertiary/aromatic N) is 3. The van der Waals surface area contributed by atoms with Crippen LogP contribution >= 0.6 is 0 Å². The predicted octanol–water partition coefficient (Wildman–Crippen LogP) is 2.28. The van der Waals surface area contributed by atoms with Gasteiger partial charge in [-0.2, -0.15) is 13.2 Å². The summed E-state index contributed by atoms with van der Waals surface area (Å²) < 4.78 is 50.5. The molecule has 1 aromatic carbocycles. The number of anilines is 1. The standard InChI is InChI=1S/C18H21F4N3O2/c19-14-1-3-15(4-2-14)23-9-11-24(12-10-23)16(26)13-5-7-25(8-6-13)17(27)18(20,21)22/h1-4,13H,5-12H2. The SMILES string of the molecule is O=C(C1CCN(C(=O)C(F)(F)F)CC1)N1CCN(c2ccc(F)cc2)CC1. The van der Waals surface area contributed by atoms with Crippen molar-refractivity contribution in [2.24, 2.45) is 5.92 Å². The molecule has 27 heavy (non-hydrogen) atoms. The van der Waals surface area contributed by atoms with Gasteiger partial charge in [-0.05, 0) is 37.1 Å². The number of carbonyl (C=O) groups is 2. The Morgan fingerprint density at radius 3 is 1.93 bits per heavy atom. The summed E-state index contributed by atoms with van der Waals surface area (Å²) in [5.41, 5.74) is 0.891. The van der Waals surface area contributed by atoms with Gasteiger partial charge in [-0.1, -0.05) is 0 Å². The van der Waals surface area contributed by atoms with Crippen LogP contribution in [0.5, 0.6) is 0 Å². The van der Waals surface area contributed by atoms with Gasteiger partial charge in [0, 0.05) is 50.9 Å². The maximum atomic E-state index is 13.0. The number of halogens is 4. The largest absolute Gasteiger partial charge is 0.471 e. The van der Waals surface area contributed by atoms with E-state index in [2.05, 4.69) is 4.90 Å². The van der Waals surface area contributed by atoms with E-state index in [0.717, 1.165) is 10.6 Å². The zero-order valence-electron chi connectivity index (χ0n) is 14.7. The van der Waals surface area contributed by atoms with Crippen molar-refractivity contribution in [2.45, 2.75) is 19.0 Å². The van der Waals surface area contributed by atoms with Gasteiger partial charge in [0.1, 0.15) is 5.82 Å². The van der Waals surface area contributed by atoms with Gasteiger partial charge in [0.15, 0.2) is 0 Å². The van der Waals surface area contributed by atoms with Crippen molar-refractivity contribution in [3.05, 3.63) is 30.1 Å². The maximum Gasteiger partial charge on any atom is 0.471 e. The molecule has 2 heterocycles. The van der Waals surface area contributed by atoms with Crippen LogP contribution in [-0.4, -0.2) is 67.1 Å². The van der Waals surface area contributed by atoms with E-state index in [0.29, 0.717) is 26.2 Å². The molecule has 2 aliphatic rings. The second kappa shape index (κ2) is 7.74. The number of piperazine rings is 1. The molecule has 0 atom stereocenters. The third-order valence-corrected chi connectivity index (χ3v) is 5.16. The molecule has 2 fully saturated rings. The number of likely N-dealkylation sites (tertiary alicyclic amines) is 1. The lowest BCUT2D eigenvalue weighted by atomic mass is 9.95. The van der Waals surface area contributed by atoms with Gasteiger partial charge in [-0.25, -0.2) is 4.39 Å². The monoisotopic (exact) mass is 387 g/mol. The summed E-state index contributed by atoms with van der Waals surface area (Å²) >= 11 is 0. The van der Waals surface area contributed by atoms with Gasteiger partial charge in [0.05, 0.1) is 0 Å². The molecule has 9 heteroatoms. The molecule has 0 aliphatic carbocycles. The molecule has 5 nitrogen and oxygen atoms in total. The molecule has 0 bridgehead atoms. The molecule has 1 aromatic rings. The third-order valence-electron chi connectivity index (χ3n) is 5.16. The molecule has 2 amide bonds. The Hall–Kier alpha value is -2.32. The maximum absolute atomic E-state index is 13.0. The second-order valence-electron chi connectivity index (χ2n) is 6.85. The van der Waals surface area contributed by atoms with Crippen molar-refractivity contribution in [1.29, 1.82) is 0 Å². The second-order valence-corrected chi connectivity index (χ2v) is 6.85. The summed E-state index contributed by atoms with van der Waals surface area (Å²) in [4.78, 5) is 28.5. The summed E-state index contributed by atoms with van der Waals surface area (Å²) in [5, 5.41) is 0. The summed E-state index contributed by atoms with van der Waals surface area (Å²) in [6, 6.07) is 6.17. The first kappa shape index (κ1) is 19.4. The van der Waals surface area contributed by atoms with Gasteiger partial charge in [0.2, 0.25) is 5.91 Å². The van der Waals surface area contributed by atoms with E-state index in [1.807, 2.05) is 0 Å². The van der Waals surface area contributed by atoms with E-state index in [1.54, 1.807) is 17.0 Å². The predicted molar refractivity (Wildman–Crippen MR) is 90.6 cm³/mol. The van der Waals surface area contributed by atoms with Crippen molar-refractivity contribution in [3.63, 3.8) is 0 Å². The average Bonchev–Trinajstić information content (AvgIpc) is 2.67. The Kier molecular flexibility index (Phi) is 5.57. The van der Waals surface area contributed by atoms with Crippen molar-refractivity contribution >= 4 is 17.5 Å². The third kappa shape index (κ3) is 4.51. The molecule has 2 aliphatic heterocycles. The van der Waals surface area contributed by atoms with Gasteiger partial charge < -0.3 is 14.7 Å². The summed E-state index contributed by atoms with van der Waals surface area (Å²) in [6.07, 6.45) is -4.37. The lowest BCUT2D eigenvalue weighted by Crippen LogP contribution is -2.52. The average molecular weight is 387 g/mol. The molecule has 148 valence electrons. The Bertz CT molecular complexity index is 677. The molecule has 3 rings (SSSR count). The van der Waals surface area contributed by atoms with Gasteiger partial charge in [0.25, 0.3) is 0 Å². The topological polar surface area (TPSA) is 43.9 Å². The van der Waals surface area contributed by atoms with Crippen molar-refractivity contribution in [1.82, 2.24) is 9.80 Å². The highest BCUT2D eigenvalue weighted by Gasteiger charge is 2.44. The fourth-order valence-corrected chi connectivity index (χ4v) is 3.60. The number of alkyl halides is 3. The van der Waals surface area contributed by atoms with E-state index in [1.165, 1.54) is 12.1 Å². The van der Waals surface area contributed by atoms with Crippen LogP contribution in [0.4, 0.5) is 23.2 Å². The van der Waals surface area contributed by atoms with Crippen molar-refractivity contribution in [2.75, 3.05) is 44.2 Å². The minimum absolute atomic E-state index is 0.0513. The van der Waals surface area contributed by atoms with Gasteiger partial charge in [-0.3, -0.25) is 9.59 Å². The molecule has 0 saturated carbocycles. The van der Waals surface area contributed by atoms with E-state index < -0.39 is 12.1 Å². The summed E-state index contributed by atoms with van der Waals surface area (Å²) in [7, 11) is 0. The number of benzene rings is 1. The highest BCUT2D eigenvalue weighted by molar-refractivity contribution is 5.83. The number of rotatable bonds is 2. The van der Waals surface area contributed by atoms with E-state index >= 15 is 0 Å². The van der Waals surface area contributed by atoms with Crippen LogP contribution in [0.15, 0.2) is 24.3 Å². The highest BCUT2D eigenvalue weighted by atomic mass is 19.4. The van der Waals surface area contributed by atoms with Crippen LogP contribution in [-0.2, 0) is 9.59 Å². The first-order valence-electron chi connectivity index (χ1n) is 8.91. The quantitative estimate of drug-likeness (QED) is 0.732. The van der Waals surface area contributed by atoms with Crippen LogP contribution < -0.4 is 4.90 Å². The van der Waals surface area contributed by atoms with Gasteiger partial charge >= 0.3 is 12.1 Å². The first-order valence-corrected chi connectivity index (χ1v) is 8.91. The summed E-state index contributed by atoms with van der Waals surface area (Å²) in [6.45, 7) is 2.15. The van der Waals surface area contributed by atoms with Gasteiger partial charge in [-0.15, -0.1) is 0 Å². The lowest BCUT2D eigenvalue weighted by Gasteiger charge is -2.39. The van der Waals surface area contributed by atoms with E-state index in [4.69, 9.17) is 0 Å². The first-order chi connectivity index (χ1) is 12.8. The normalized spacial score (nSPS) is 19.3. The molecule has 2 saturated heterocycles. The van der Waals surface area contributed by atoms with E-state index in [9.17, 15) is 27.2 Å². The Morgan fingerprint density at radius 2 is 1.41 bits per heavy atom. The van der Waals surface area contributed by atoms with Crippen molar-refractivity contribution < 1.29 is 27.2 Å². The number of hydrogen-bond acceptors (Lipinski definition) is 3. The molecule has 0 spiro atoms.